The van der Waals surface area contributed by atoms with Crippen LogP contribution < -0.4 is 0 Å². The van der Waals surface area contributed by atoms with Gasteiger partial charge in [0, 0.05) is 13.6 Å². The number of hydrogen-bond acceptors (Lipinski definition) is 2. The molecule has 2 rings (SSSR count). The highest BCUT2D eigenvalue weighted by molar-refractivity contribution is 5.78. The molecular formula is C16H23FN2O. The van der Waals surface area contributed by atoms with Crippen LogP contribution in [0.4, 0.5) is 4.39 Å². The zero-order valence-electron chi connectivity index (χ0n) is 12.3. The molecule has 0 N–H and O–H groups in total. The predicted octanol–water partition coefficient (Wildman–Crippen LogP) is 2.52. The van der Waals surface area contributed by atoms with Crippen LogP contribution in [0.5, 0.6) is 0 Å². The first kappa shape index (κ1) is 15.0. The number of carbonyl (C=O) groups excluding carboxylic acids is 1. The molecule has 3 nitrogen and oxygen atoms in total. The molecule has 110 valence electrons. The lowest BCUT2D eigenvalue weighted by Gasteiger charge is -2.31. The van der Waals surface area contributed by atoms with E-state index in [1.54, 1.807) is 24.1 Å². The number of piperidine rings is 1. The van der Waals surface area contributed by atoms with Gasteiger partial charge in [-0.2, -0.15) is 0 Å². The second kappa shape index (κ2) is 6.84. The summed E-state index contributed by atoms with van der Waals surface area (Å²) < 4.78 is 12.8. The van der Waals surface area contributed by atoms with E-state index in [0.717, 1.165) is 24.6 Å². The number of carbonyl (C=O) groups is 1. The van der Waals surface area contributed by atoms with Crippen LogP contribution in [0.25, 0.3) is 0 Å². The monoisotopic (exact) mass is 278 g/mol. The molecule has 0 radical (unpaired) electrons. The van der Waals surface area contributed by atoms with Gasteiger partial charge in [-0.05, 0) is 49.5 Å². The van der Waals surface area contributed by atoms with Crippen LogP contribution in [0.2, 0.25) is 0 Å². The van der Waals surface area contributed by atoms with Crippen LogP contribution in [0.15, 0.2) is 24.3 Å². The van der Waals surface area contributed by atoms with E-state index < -0.39 is 0 Å². The summed E-state index contributed by atoms with van der Waals surface area (Å²) >= 11 is 0. The largest absolute Gasteiger partial charge is 0.340 e. The Morgan fingerprint density at radius 1 is 1.30 bits per heavy atom. The summed E-state index contributed by atoms with van der Waals surface area (Å²) in [7, 11) is 1.80. The first-order valence-electron chi connectivity index (χ1n) is 7.25. The molecular weight excluding hydrogens is 255 g/mol. The van der Waals surface area contributed by atoms with Gasteiger partial charge in [-0.25, -0.2) is 4.39 Å². The minimum Gasteiger partial charge on any atom is -0.340 e. The van der Waals surface area contributed by atoms with Gasteiger partial charge in [0.25, 0.3) is 0 Å². The molecule has 1 aliphatic heterocycles. The number of amides is 1. The Kier molecular flexibility index (Phi) is 5.12. The quantitative estimate of drug-likeness (QED) is 0.845. The smallest absolute Gasteiger partial charge is 0.236 e. The third kappa shape index (κ3) is 4.30. The van der Waals surface area contributed by atoms with Crippen LogP contribution in [0, 0.1) is 11.7 Å². The van der Waals surface area contributed by atoms with E-state index >= 15 is 0 Å². The van der Waals surface area contributed by atoms with Gasteiger partial charge in [-0.15, -0.1) is 0 Å². The fourth-order valence-electron chi connectivity index (χ4n) is 2.48. The highest BCUT2D eigenvalue weighted by atomic mass is 19.1. The summed E-state index contributed by atoms with van der Waals surface area (Å²) in [6, 6.07) is 6.31. The Morgan fingerprint density at radius 3 is 2.50 bits per heavy atom. The number of hydrogen-bond donors (Lipinski definition) is 0. The van der Waals surface area contributed by atoms with Crippen molar-refractivity contribution >= 4 is 5.91 Å². The number of benzene rings is 1. The van der Waals surface area contributed by atoms with Crippen LogP contribution >= 0.6 is 0 Å². The fraction of sp³-hybridized carbons (Fsp3) is 0.562. The molecule has 1 aliphatic rings. The van der Waals surface area contributed by atoms with Crippen LogP contribution in [0.1, 0.15) is 25.3 Å². The minimum absolute atomic E-state index is 0.129. The highest BCUT2D eigenvalue weighted by Gasteiger charge is 2.19. The van der Waals surface area contributed by atoms with E-state index in [2.05, 4.69) is 11.8 Å². The predicted molar refractivity (Wildman–Crippen MR) is 77.7 cm³/mol. The van der Waals surface area contributed by atoms with E-state index in [9.17, 15) is 9.18 Å². The molecule has 0 saturated carbocycles. The number of likely N-dealkylation sites (N-methyl/N-ethyl adjacent to an activating group) is 1. The minimum atomic E-state index is -0.245. The molecule has 0 aliphatic carbocycles. The summed E-state index contributed by atoms with van der Waals surface area (Å²) in [6.07, 6.45) is 2.35. The number of rotatable bonds is 4. The summed E-state index contributed by atoms with van der Waals surface area (Å²) in [5.74, 6) is 0.660. The standard InChI is InChI=1S/C16H23FN2O/c1-13-7-9-19(10-8-13)12-16(20)18(2)11-14-3-5-15(17)6-4-14/h3-6,13H,7-12H2,1-2H3. The molecule has 0 unspecified atom stereocenters. The van der Waals surface area contributed by atoms with E-state index in [4.69, 9.17) is 0 Å². The summed E-state index contributed by atoms with van der Waals surface area (Å²) in [6.45, 7) is 5.31. The molecule has 0 aromatic heterocycles. The Bertz CT molecular complexity index is 438. The van der Waals surface area contributed by atoms with Gasteiger partial charge in [0.1, 0.15) is 5.82 Å². The van der Waals surface area contributed by atoms with E-state index in [1.165, 1.54) is 25.0 Å². The maximum Gasteiger partial charge on any atom is 0.236 e. The first-order valence-corrected chi connectivity index (χ1v) is 7.25. The van der Waals surface area contributed by atoms with Crippen molar-refractivity contribution in [2.45, 2.75) is 26.3 Å². The van der Waals surface area contributed by atoms with Gasteiger partial charge in [-0.1, -0.05) is 19.1 Å². The average Bonchev–Trinajstić information content (AvgIpc) is 2.44. The number of halogens is 1. The van der Waals surface area contributed by atoms with Crippen molar-refractivity contribution in [3.8, 4) is 0 Å². The summed E-state index contributed by atoms with van der Waals surface area (Å²) in [5.41, 5.74) is 0.953. The zero-order chi connectivity index (χ0) is 14.5. The third-order valence-corrected chi connectivity index (χ3v) is 3.99. The zero-order valence-corrected chi connectivity index (χ0v) is 12.3. The van der Waals surface area contributed by atoms with Gasteiger partial charge >= 0.3 is 0 Å². The van der Waals surface area contributed by atoms with Gasteiger partial charge < -0.3 is 4.90 Å². The van der Waals surface area contributed by atoms with Crippen molar-refractivity contribution in [3.05, 3.63) is 35.6 Å². The highest BCUT2D eigenvalue weighted by Crippen LogP contribution is 2.16. The molecule has 0 bridgehead atoms. The molecule has 1 fully saturated rings. The van der Waals surface area contributed by atoms with Crippen molar-refractivity contribution in [2.75, 3.05) is 26.7 Å². The van der Waals surface area contributed by atoms with Crippen molar-refractivity contribution < 1.29 is 9.18 Å². The molecule has 1 saturated heterocycles. The second-order valence-corrected chi connectivity index (χ2v) is 5.83. The number of likely N-dealkylation sites (tertiary alicyclic amines) is 1. The van der Waals surface area contributed by atoms with Crippen molar-refractivity contribution in [1.82, 2.24) is 9.80 Å². The first-order chi connectivity index (χ1) is 9.54. The Labute approximate surface area is 120 Å². The van der Waals surface area contributed by atoms with Crippen LogP contribution in [-0.4, -0.2) is 42.4 Å². The third-order valence-electron chi connectivity index (χ3n) is 3.99. The maximum absolute atomic E-state index is 12.8. The summed E-state index contributed by atoms with van der Waals surface area (Å²) in [5, 5.41) is 0. The molecule has 0 atom stereocenters. The Hall–Kier alpha value is -1.42. The van der Waals surface area contributed by atoms with E-state index in [0.29, 0.717) is 13.1 Å². The molecule has 4 heteroatoms. The van der Waals surface area contributed by atoms with Gasteiger partial charge in [0.2, 0.25) is 5.91 Å². The normalized spacial score (nSPS) is 17.1. The topological polar surface area (TPSA) is 23.6 Å². The summed E-state index contributed by atoms with van der Waals surface area (Å²) in [4.78, 5) is 16.1. The molecule has 20 heavy (non-hydrogen) atoms. The molecule has 1 amide bonds. The average molecular weight is 278 g/mol. The van der Waals surface area contributed by atoms with Crippen LogP contribution in [-0.2, 0) is 11.3 Å². The van der Waals surface area contributed by atoms with Crippen molar-refractivity contribution in [3.63, 3.8) is 0 Å². The maximum atomic E-state index is 12.8. The van der Waals surface area contributed by atoms with Gasteiger partial charge in [-0.3, -0.25) is 9.69 Å². The van der Waals surface area contributed by atoms with Crippen molar-refractivity contribution in [1.29, 1.82) is 0 Å². The lowest BCUT2D eigenvalue weighted by molar-refractivity contribution is -0.132. The van der Waals surface area contributed by atoms with Crippen molar-refractivity contribution in [2.24, 2.45) is 5.92 Å². The van der Waals surface area contributed by atoms with Crippen LogP contribution in [0.3, 0.4) is 0 Å². The lowest BCUT2D eigenvalue weighted by Crippen LogP contribution is -2.41. The lowest BCUT2D eigenvalue weighted by atomic mass is 9.99. The van der Waals surface area contributed by atoms with E-state index in [-0.39, 0.29) is 11.7 Å². The van der Waals surface area contributed by atoms with Gasteiger partial charge in [0.15, 0.2) is 0 Å². The van der Waals surface area contributed by atoms with E-state index in [1.807, 2.05) is 0 Å². The Balaban J connectivity index is 1.81. The molecule has 1 aromatic carbocycles. The fourth-order valence-corrected chi connectivity index (χ4v) is 2.48. The molecule has 1 aromatic rings. The number of nitrogens with zero attached hydrogens (tertiary/aromatic N) is 2. The second-order valence-electron chi connectivity index (χ2n) is 5.83. The Morgan fingerprint density at radius 2 is 1.90 bits per heavy atom. The SMILES string of the molecule is CC1CCN(CC(=O)N(C)Cc2ccc(F)cc2)CC1. The van der Waals surface area contributed by atoms with Gasteiger partial charge in [0.05, 0.1) is 6.54 Å². The molecule has 1 heterocycles. The molecule has 0 spiro atoms.